The van der Waals surface area contributed by atoms with Crippen molar-refractivity contribution >= 4 is 59.9 Å². The first-order valence-electron chi connectivity index (χ1n) is 10.4. The number of benzene rings is 3. The van der Waals surface area contributed by atoms with Crippen LogP contribution in [0.1, 0.15) is 5.56 Å². The van der Waals surface area contributed by atoms with Gasteiger partial charge in [-0.3, -0.25) is 4.72 Å². The third-order valence-corrected chi connectivity index (χ3v) is 6.34. The lowest BCUT2D eigenvalue weighted by atomic mass is 10.1. The number of methoxy groups -OCH3 is 1. The smallest absolute Gasteiger partial charge is 0.229 e. The molecule has 33 heavy (non-hydrogen) atoms. The minimum Gasteiger partial charge on any atom is -0.494 e. The van der Waals surface area contributed by atoms with E-state index in [2.05, 4.69) is 51.9 Å². The van der Waals surface area contributed by atoms with Gasteiger partial charge in [-0.15, -0.1) is 0 Å². The van der Waals surface area contributed by atoms with Crippen LogP contribution < -0.4 is 14.8 Å². The molecule has 0 aliphatic rings. The number of rotatable bonds is 5. The molecule has 0 fully saturated rings. The highest BCUT2D eigenvalue weighted by Gasteiger charge is 2.16. The fraction of sp³-hybridized carbons (Fsp3) is 0.160. The highest BCUT2D eigenvalue weighted by Crippen LogP contribution is 2.38. The monoisotopic (exact) mass is 460 g/mol. The molecule has 0 saturated heterocycles. The lowest BCUT2D eigenvalue weighted by Crippen LogP contribution is -2.09. The molecule has 0 saturated carbocycles. The topological polar surface area (TPSA) is 85.2 Å². The number of hydrogen-bond acceptors (Lipinski definition) is 5. The summed E-state index contributed by atoms with van der Waals surface area (Å²) in [5.74, 6) is 0.523. The van der Waals surface area contributed by atoms with Gasteiger partial charge in [0.25, 0.3) is 0 Å². The summed E-state index contributed by atoms with van der Waals surface area (Å²) in [5.41, 5.74) is 7.20. The summed E-state index contributed by atoms with van der Waals surface area (Å²) in [5, 5.41) is 5.58. The number of pyridine rings is 1. The predicted molar refractivity (Wildman–Crippen MR) is 135 cm³/mol. The standard InChI is InChI=1S/C25H24N4O3S/c1-15-8-9-16-13-22-25(27-20(16)12-15)24-19(6-5-7-21(24)29(22)2)26-18-11-10-17(14-23(18)32-3)28-33(4,30)31/h5-14,26,28H,1-4H3. The van der Waals surface area contributed by atoms with Crippen LogP contribution in [0.15, 0.2) is 60.7 Å². The second-order valence-electron chi connectivity index (χ2n) is 8.23. The van der Waals surface area contributed by atoms with Crippen molar-refractivity contribution in [1.82, 2.24) is 9.55 Å². The van der Waals surface area contributed by atoms with Gasteiger partial charge < -0.3 is 14.6 Å². The van der Waals surface area contributed by atoms with Crippen LogP contribution in [0.3, 0.4) is 0 Å². The summed E-state index contributed by atoms with van der Waals surface area (Å²) in [6.45, 7) is 2.07. The zero-order valence-corrected chi connectivity index (χ0v) is 19.6. The van der Waals surface area contributed by atoms with Gasteiger partial charge in [0, 0.05) is 23.9 Å². The number of nitrogens with one attached hydrogen (secondary N) is 2. The van der Waals surface area contributed by atoms with Crippen molar-refractivity contribution in [3.8, 4) is 5.75 Å². The van der Waals surface area contributed by atoms with Crippen LogP contribution in [0.5, 0.6) is 5.75 Å². The normalized spacial score (nSPS) is 11.9. The number of nitrogens with zero attached hydrogens (tertiary/aromatic N) is 2. The molecular weight excluding hydrogens is 436 g/mol. The molecule has 7 nitrogen and oxygen atoms in total. The Bertz CT molecular complexity index is 1660. The van der Waals surface area contributed by atoms with E-state index >= 15 is 0 Å². The first kappa shape index (κ1) is 21.1. The molecule has 0 atom stereocenters. The molecule has 2 heterocycles. The first-order chi connectivity index (χ1) is 15.7. The van der Waals surface area contributed by atoms with Crippen molar-refractivity contribution in [2.24, 2.45) is 7.05 Å². The van der Waals surface area contributed by atoms with E-state index in [0.717, 1.165) is 50.5 Å². The van der Waals surface area contributed by atoms with E-state index in [0.29, 0.717) is 11.4 Å². The Morgan fingerprint density at radius 1 is 0.970 bits per heavy atom. The minimum atomic E-state index is -3.38. The number of ether oxygens (including phenoxy) is 1. The van der Waals surface area contributed by atoms with Crippen molar-refractivity contribution in [3.63, 3.8) is 0 Å². The van der Waals surface area contributed by atoms with E-state index in [1.165, 1.54) is 5.56 Å². The molecule has 5 rings (SSSR count). The SMILES string of the molecule is COc1cc(NS(C)(=O)=O)ccc1Nc1cccc2c1c1nc3cc(C)ccc3cc1n2C. The number of aryl methyl sites for hydroxylation is 2. The molecule has 3 aromatic carbocycles. The van der Waals surface area contributed by atoms with Crippen molar-refractivity contribution in [2.75, 3.05) is 23.4 Å². The van der Waals surface area contributed by atoms with Crippen LogP contribution >= 0.6 is 0 Å². The van der Waals surface area contributed by atoms with Gasteiger partial charge in [-0.2, -0.15) is 0 Å². The summed E-state index contributed by atoms with van der Waals surface area (Å²) in [6.07, 6.45) is 1.12. The number of anilines is 3. The van der Waals surface area contributed by atoms with Gasteiger partial charge in [-0.25, -0.2) is 13.4 Å². The van der Waals surface area contributed by atoms with Crippen molar-refractivity contribution < 1.29 is 13.2 Å². The third kappa shape index (κ3) is 3.82. The number of aromatic nitrogens is 2. The van der Waals surface area contributed by atoms with Gasteiger partial charge in [0.05, 0.1) is 52.5 Å². The molecule has 2 N–H and O–H groups in total. The maximum atomic E-state index is 11.6. The van der Waals surface area contributed by atoms with E-state index in [-0.39, 0.29) is 0 Å². The van der Waals surface area contributed by atoms with Crippen LogP contribution in [0.2, 0.25) is 0 Å². The molecule has 0 spiro atoms. The van der Waals surface area contributed by atoms with Gasteiger partial charge in [0.2, 0.25) is 10.0 Å². The number of sulfonamides is 1. The van der Waals surface area contributed by atoms with E-state index in [9.17, 15) is 8.42 Å². The Morgan fingerprint density at radius 2 is 1.79 bits per heavy atom. The van der Waals surface area contributed by atoms with Crippen LogP contribution in [0.4, 0.5) is 17.1 Å². The van der Waals surface area contributed by atoms with Crippen LogP contribution in [0.25, 0.3) is 32.8 Å². The Kier molecular flexibility index (Phi) is 4.90. The van der Waals surface area contributed by atoms with Crippen LogP contribution in [-0.4, -0.2) is 31.3 Å². The quantitative estimate of drug-likeness (QED) is 0.371. The van der Waals surface area contributed by atoms with E-state index in [1.54, 1.807) is 25.3 Å². The number of hydrogen-bond donors (Lipinski definition) is 2. The zero-order valence-electron chi connectivity index (χ0n) is 18.8. The molecule has 0 aliphatic carbocycles. The summed E-state index contributed by atoms with van der Waals surface area (Å²) >= 11 is 0. The lowest BCUT2D eigenvalue weighted by molar-refractivity contribution is 0.417. The molecule has 0 aliphatic heterocycles. The van der Waals surface area contributed by atoms with Gasteiger partial charge in [0.15, 0.2) is 0 Å². The summed E-state index contributed by atoms with van der Waals surface area (Å²) in [6, 6.07) is 19.7. The Labute approximate surface area is 192 Å². The third-order valence-electron chi connectivity index (χ3n) is 5.73. The molecule has 5 aromatic rings. The fourth-order valence-corrected chi connectivity index (χ4v) is 4.78. The van der Waals surface area contributed by atoms with Crippen LogP contribution in [-0.2, 0) is 17.1 Å². The minimum absolute atomic E-state index is 0.437. The molecule has 8 heteroatoms. The van der Waals surface area contributed by atoms with Crippen molar-refractivity contribution in [2.45, 2.75) is 6.92 Å². The lowest BCUT2D eigenvalue weighted by Gasteiger charge is -2.14. The second-order valence-corrected chi connectivity index (χ2v) is 9.97. The molecule has 0 unspecified atom stereocenters. The average Bonchev–Trinajstić information content (AvgIpc) is 3.04. The molecule has 2 aromatic heterocycles. The predicted octanol–water partition coefficient (Wildman–Crippen LogP) is 5.31. The Morgan fingerprint density at radius 3 is 2.55 bits per heavy atom. The molecule has 168 valence electrons. The number of fused-ring (bicyclic) bond motifs is 4. The highest BCUT2D eigenvalue weighted by molar-refractivity contribution is 7.92. The summed E-state index contributed by atoms with van der Waals surface area (Å²) in [4.78, 5) is 5.02. The molecular formula is C25H24N4O3S. The molecule has 0 radical (unpaired) electrons. The second kappa shape index (κ2) is 7.67. The zero-order chi connectivity index (χ0) is 23.3. The average molecular weight is 461 g/mol. The van der Waals surface area contributed by atoms with Gasteiger partial charge in [0.1, 0.15) is 5.75 Å². The van der Waals surface area contributed by atoms with Gasteiger partial charge in [-0.05, 0) is 48.9 Å². The van der Waals surface area contributed by atoms with Gasteiger partial charge >= 0.3 is 0 Å². The highest BCUT2D eigenvalue weighted by atomic mass is 32.2. The maximum Gasteiger partial charge on any atom is 0.229 e. The fourth-order valence-electron chi connectivity index (χ4n) is 4.23. The van der Waals surface area contributed by atoms with Crippen molar-refractivity contribution in [1.29, 1.82) is 0 Å². The Balaban J connectivity index is 1.67. The maximum absolute atomic E-state index is 11.6. The van der Waals surface area contributed by atoms with E-state index < -0.39 is 10.0 Å². The summed E-state index contributed by atoms with van der Waals surface area (Å²) < 4.78 is 33.3. The Hall–Kier alpha value is -3.78. The molecule has 0 bridgehead atoms. The molecule has 0 amide bonds. The van der Waals surface area contributed by atoms with Crippen LogP contribution in [0, 0.1) is 6.92 Å². The van der Waals surface area contributed by atoms with Gasteiger partial charge in [-0.1, -0.05) is 18.2 Å². The van der Waals surface area contributed by atoms with Crippen molar-refractivity contribution in [3.05, 3.63) is 66.2 Å². The van der Waals surface area contributed by atoms with E-state index in [4.69, 9.17) is 9.72 Å². The summed E-state index contributed by atoms with van der Waals surface area (Å²) in [7, 11) is 0.216. The largest absolute Gasteiger partial charge is 0.494 e. The first-order valence-corrected chi connectivity index (χ1v) is 12.3. The van der Waals surface area contributed by atoms with E-state index in [1.807, 2.05) is 19.2 Å².